The number of aromatic nitrogens is 1. The fraction of sp³-hybridized carbons (Fsp3) is 0.682. The quantitative estimate of drug-likeness (QED) is 0.255. The number of rotatable bonds is 6. The van der Waals surface area contributed by atoms with Gasteiger partial charge in [0.05, 0.1) is 19.1 Å². The highest BCUT2D eigenvalue weighted by atomic mass is 127. The minimum absolute atomic E-state index is 0. The zero-order chi connectivity index (χ0) is 21.3. The van der Waals surface area contributed by atoms with Crippen molar-refractivity contribution in [1.29, 1.82) is 0 Å². The van der Waals surface area contributed by atoms with Gasteiger partial charge in [0.2, 0.25) is 0 Å². The smallest absolute Gasteiger partial charge is 0.309 e. The number of pyridine rings is 1. The lowest BCUT2D eigenvalue weighted by Crippen LogP contribution is -2.46. The normalized spacial score (nSPS) is 18.5. The number of aliphatic imine (C=N–C) groups is 1. The summed E-state index contributed by atoms with van der Waals surface area (Å²) < 4.78 is 5.17. The van der Waals surface area contributed by atoms with Gasteiger partial charge in [-0.25, -0.2) is 9.98 Å². The number of likely N-dealkylation sites (N-methyl/N-ethyl adjacent to an activating group) is 1. The van der Waals surface area contributed by atoms with Crippen molar-refractivity contribution in [2.24, 2.45) is 10.9 Å². The number of nitrogens with zero attached hydrogens (tertiary/aromatic N) is 5. The predicted molar refractivity (Wildman–Crippen MR) is 135 cm³/mol. The third-order valence-corrected chi connectivity index (χ3v) is 5.80. The Morgan fingerprint density at radius 1 is 1.16 bits per heavy atom. The SMILES string of the molecule is CCNC(=NCc1ccc(N2CCN(C)CC2)nc1)N1CCC(C(=O)OCC)CC1.I. The lowest BCUT2D eigenvalue weighted by molar-refractivity contribution is -0.149. The Bertz CT molecular complexity index is 698. The number of carbonyl (C=O) groups is 1. The molecule has 3 rings (SSSR count). The van der Waals surface area contributed by atoms with Crippen LogP contribution < -0.4 is 10.2 Å². The van der Waals surface area contributed by atoms with Gasteiger partial charge in [0.25, 0.3) is 0 Å². The molecule has 1 aromatic heterocycles. The zero-order valence-corrected chi connectivity index (χ0v) is 21.4. The van der Waals surface area contributed by atoms with Gasteiger partial charge in [0.1, 0.15) is 5.82 Å². The van der Waals surface area contributed by atoms with Gasteiger partial charge in [-0.3, -0.25) is 4.79 Å². The van der Waals surface area contributed by atoms with E-state index in [9.17, 15) is 4.79 Å². The number of likely N-dealkylation sites (tertiary alicyclic amines) is 1. The number of piperazine rings is 1. The van der Waals surface area contributed by atoms with Crippen molar-refractivity contribution in [3.63, 3.8) is 0 Å². The number of hydrogen-bond acceptors (Lipinski definition) is 6. The van der Waals surface area contributed by atoms with Crippen molar-refractivity contribution >= 4 is 41.7 Å². The van der Waals surface area contributed by atoms with Gasteiger partial charge in [0, 0.05) is 52.0 Å². The van der Waals surface area contributed by atoms with E-state index in [0.29, 0.717) is 13.2 Å². The summed E-state index contributed by atoms with van der Waals surface area (Å²) in [5, 5.41) is 3.39. The van der Waals surface area contributed by atoms with Crippen LogP contribution in [0, 0.1) is 5.92 Å². The van der Waals surface area contributed by atoms with E-state index in [1.165, 1.54) is 0 Å². The number of esters is 1. The average Bonchev–Trinajstić information content (AvgIpc) is 2.78. The zero-order valence-electron chi connectivity index (χ0n) is 19.0. The highest BCUT2D eigenvalue weighted by Crippen LogP contribution is 2.19. The summed E-state index contributed by atoms with van der Waals surface area (Å²) in [7, 11) is 2.16. The van der Waals surface area contributed by atoms with E-state index in [1.807, 2.05) is 13.1 Å². The van der Waals surface area contributed by atoms with E-state index in [1.54, 1.807) is 0 Å². The van der Waals surface area contributed by atoms with Crippen LogP contribution in [0.1, 0.15) is 32.3 Å². The second-order valence-electron chi connectivity index (χ2n) is 8.00. The summed E-state index contributed by atoms with van der Waals surface area (Å²) in [6.07, 6.45) is 3.56. The van der Waals surface area contributed by atoms with Gasteiger partial charge < -0.3 is 24.8 Å². The second kappa shape index (κ2) is 13.0. The Labute approximate surface area is 203 Å². The van der Waals surface area contributed by atoms with Gasteiger partial charge >= 0.3 is 5.97 Å². The van der Waals surface area contributed by atoms with Crippen molar-refractivity contribution in [3.8, 4) is 0 Å². The number of halogens is 1. The van der Waals surface area contributed by atoms with E-state index in [0.717, 1.165) is 76.0 Å². The highest BCUT2D eigenvalue weighted by Gasteiger charge is 2.27. The largest absolute Gasteiger partial charge is 0.466 e. The van der Waals surface area contributed by atoms with Gasteiger partial charge in [0.15, 0.2) is 5.96 Å². The summed E-state index contributed by atoms with van der Waals surface area (Å²) in [5.74, 6) is 1.90. The molecule has 0 atom stereocenters. The molecule has 2 aliphatic rings. The molecule has 0 amide bonds. The number of piperidine rings is 1. The van der Waals surface area contributed by atoms with Crippen molar-refractivity contribution < 1.29 is 9.53 Å². The highest BCUT2D eigenvalue weighted by molar-refractivity contribution is 14.0. The molecular weight excluding hydrogens is 507 g/mol. The average molecular weight is 544 g/mol. The molecule has 0 radical (unpaired) electrons. The first-order chi connectivity index (χ1) is 14.6. The van der Waals surface area contributed by atoms with Crippen LogP contribution in [0.15, 0.2) is 23.3 Å². The summed E-state index contributed by atoms with van der Waals surface area (Å²) >= 11 is 0. The molecule has 2 aliphatic heterocycles. The monoisotopic (exact) mass is 544 g/mol. The maximum absolute atomic E-state index is 12.0. The van der Waals surface area contributed by atoms with Gasteiger partial charge in [-0.05, 0) is 45.4 Å². The molecule has 8 nitrogen and oxygen atoms in total. The van der Waals surface area contributed by atoms with Crippen molar-refractivity contribution in [1.82, 2.24) is 20.1 Å². The van der Waals surface area contributed by atoms with Crippen molar-refractivity contribution in [3.05, 3.63) is 23.9 Å². The molecule has 0 bridgehead atoms. The number of nitrogens with one attached hydrogen (secondary N) is 1. The molecule has 2 fully saturated rings. The van der Waals surface area contributed by atoms with Crippen LogP contribution in [-0.2, 0) is 16.1 Å². The molecule has 9 heteroatoms. The van der Waals surface area contributed by atoms with Crippen molar-refractivity contribution in [2.45, 2.75) is 33.2 Å². The molecule has 0 aromatic carbocycles. The van der Waals surface area contributed by atoms with E-state index >= 15 is 0 Å². The number of guanidine groups is 1. The van der Waals surface area contributed by atoms with Crippen molar-refractivity contribution in [2.75, 3.05) is 64.4 Å². The number of anilines is 1. The molecule has 2 saturated heterocycles. The standard InChI is InChI=1S/C22H36N6O2.HI/c1-4-23-22(28-10-8-19(9-11-28)21(29)30-5-2)25-17-18-6-7-20(24-16-18)27-14-12-26(3)13-15-27;/h6-7,16,19H,4-5,8-15,17H2,1-3H3,(H,23,25);1H. The molecule has 0 saturated carbocycles. The molecule has 0 aliphatic carbocycles. The Hall–Kier alpha value is -1.62. The molecule has 0 unspecified atom stereocenters. The van der Waals surface area contributed by atoms with E-state index in [-0.39, 0.29) is 35.9 Å². The third kappa shape index (κ3) is 7.48. The molecule has 1 N–H and O–H groups in total. The minimum atomic E-state index is -0.0643. The summed E-state index contributed by atoms with van der Waals surface area (Å²) in [5.41, 5.74) is 1.10. The van der Waals surface area contributed by atoms with Crippen LogP contribution in [0.3, 0.4) is 0 Å². The molecule has 3 heterocycles. The molecule has 0 spiro atoms. The van der Waals surface area contributed by atoms with E-state index in [4.69, 9.17) is 9.73 Å². The van der Waals surface area contributed by atoms with Crippen LogP contribution in [0.5, 0.6) is 0 Å². The third-order valence-electron chi connectivity index (χ3n) is 5.80. The van der Waals surface area contributed by atoms with E-state index < -0.39 is 0 Å². The van der Waals surface area contributed by atoms with Crippen LogP contribution in [0.2, 0.25) is 0 Å². The molecule has 31 heavy (non-hydrogen) atoms. The van der Waals surface area contributed by atoms with Gasteiger partial charge in [-0.15, -0.1) is 24.0 Å². The first kappa shape index (κ1) is 25.6. The minimum Gasteiger partial charge on any atom is -0.466 e. The molecular formula is C22H37IN6O2. The first-order valence-corrected chi connectivity index (χ1v) is 11.2. The Balaban J connectivity index is 0.00000341. The summed E-state index contributed by atoms with van der Waals surface area (Å²) in [4.78, 5) is 28.4. The maximum Gasteiger partial charge on any atom is 0.309 e. The number of hydrogen-bond donors (Lipinski definition) is 1. The molecule has 1 aromatic rings. The van der Waals surface area contributed by atoms with Crippen LogP contribution in [0.25, 0.3) is 0 Å². The van der Waals surface area contributed by atoms with Gasteiger partial charge in [-0.2, -0.15) is 0 Å². The number of ether oxygens (including phenoxy) is 1. The Morgan fingerprint density at radius 3 is 2.45 bits per heavy atom. The summed E-state index contributed by atoms with van der Waals surface area (Å²) in [6, 6.07) is 4.23. The maximum atomic E-state index is 12.0. The van der Waals surface area contributed by atoms with Crippen LogP contribution >= 0.6 is 24.0 Å². The second-order valence-corrected chi connectivity index (χ2v) is 8.00. The number of carbonyl (C=O) groups excluding carboxylic acids is 1. The van der Waals surface area contributed by atoms with Crippen LogP contribution in [0.4, 0.5) is 5.82 Å². The topological polar surface area (TPSA) is 73.3 Å². The molecule has 174 valence electrons. The van der Waals surface area contributed by atoms with E-state index in [2.05, 4.69) is 51.1 Å². The fourth-order valence-corrected chi connectivity index (χ4v) is 3.91. The van der Waals surface area contributed by atoms with Crippen LogP contribution in [-0.4, -0.2) is 86.2 Å². The fourth-order valence-electron chi connectivity index (χ4n) is 3.91. The lowest BCUT2D eigenvalue weighted by atomic mass is 9.97. The van der Waals surface area contributed by atoms with Gasteiger partial charge in [-0.1, -0.05) is 6.07 Å². The first-order valence-electron chi connectivity index (χ1n) is 11.2. The predicted octanol–water partition coefficient (Wildman–Crippen LogP) is 2.19. The Kier molecular flexibility index (Phi) is 10.8. The Morgan fingerprint density at radius 2 is 1.87 bits per heavy atom. The summed E-state index contributed by atoms with van der Waals surface area (Å²) in [6.45, 7) is 11.6. The lowest BCUT2D eigenvalue weighted by Gasteiger charge is -2.33.